The Labute approximate surface area is 180 Å². The van der Waals surface area contributed by atoms with Gasteiger partial charge in [-0.2, -0.15) is 0 Å². The van der Waals surface area contributed by atoms with Gasteiger partial charge in [-0.3, -0.25) is 0 Å². The van der Waals surface area contributed by atoms with E-state index in [0.29, 0.717) is 19.6 Å². The summed E-state index contributed by atoms with van der Waals surface area (Å²) in [6, 6.07) is 20.0. The van der Waals surface area contributed by atoms with E-state index in [9.17, 15) is 0 Å². The number of para-hydroxylation sites is 2. The fourth-order valence-electron chi connectivity index (χ4n) is 3.57. The molecule has 0 fully saturated rings. The van der Waals surface area contributed by atoms with Gasteiger partial charge in [-0.05, 0) is 60.9 Å². The third-order valence-electron chi connectivity index (χ3n) is 5.03. The van der Waals surface area contributed by atoms with E-state index in [1.165, 1.54) is 0 Å². The van der Waals surface area contributed by atoms with Gasteiger partial charge >= 0.3 is 0 Å². The van der Waals surface area contributed by atoms with Crippen LogP contribution in [0.1, 0.15) is 22.5 Å². The Bertz CT molecular complexity index is 1140. The molecule has 0 bridgehead atoms. The van der Waals surface area contributed by atoms with Crippen LogP contribution in [0.15, 0.2) is 60.7 Å². The molecule has 1 heterocycles. The summed E-state index contributed by atoms with van der Waals surface area (Å²) >= 11 is 12.6. The molecule has 0 radical (unpaired) electrons. The van der Waals surface area contributed by atoms with Crippen LogP contribution in [0.2, 0.25) is 10.0 Å². The molecule has 0 aliphatic rings. The Morgan fingerprint density at radius 3 is 2.38 bits per heavy atom. The molecule has 0 aliphatic carbocycles. The predicted octanol–water partition coefficient (Wildman–Crippen LogP) is 6.63. The van der Waals surface area contributed by atoms with Gasteiger partial charge in [0, 0.05) is 16.5 Å². The Morgan fingerprint density at radius 1 is 0.931 bits per heavy atom. The lowest BCUT2D eigenvalue weighted by Gasteiger charge is -2.13. The van der Waals surface area contributed by atoms with Gasteiger partial charge in [0.05, 0.1) is 17.6 Å². The van der Waals surface area contributed by atoms with Gasteiger partial charge in [0.15, 0.2) is 0 Å². The van der Waals surface area contributed by atoms with Crippen molar-refractivity contribution >= 4 is 34.2 Å². The van der Waals surface area contributed by atoms with E-state index in [-0.39, 0.29) is 0 Å². The average Bonchev–Trinajstić information content (AvgIpc) is 3.05. The number of hydrogen-bond donors (Lipinski definition) is 0. The molecule has 0 saturated heterocycles. The standard InChI is InChI=1S/C24H22Cl2N2O/c1-16-13-19(14-17(2)24(16)26)29-12-11-28-22-10-6-5-9-21(22)27-23(28)15-18-7-3-4-8-20(18)25/h3-10,13-14H,11-12,15H2,1-2H3. The lowest BCUT2D eigenvalue weighted by Crippen LogP contribution is -2.12. The minimum absolute atomic E-state index is 0.538. The van der Waals surface area contributed by atoms with Crippen LogP contribution in [0.5, 0.6) is 5.75 Å². The molecule has 0 amide bonds. The topological polar surface area (TPSA) is 27.1 Å². The Kier molecular flexibility index (Phi) is 5.79. The number of imidazole rings is 1. The van der Waals surface area contributed by atoms with Crippen molar-refractivity contribution in [1.82, 2.24) is 9.55 Å². The number of rotatable bonds is 6. The molecule has 3 nitrogen and oxygen atoms in total. The largest absolute Gasteiger partial charge is 0.492 e. The number of aromatic nitrogens is 2. The number of hydrogen-bond acceptors (Lipinski definition) is 2. The van der Waals surface area contributed by atoms with Crippen molar-refractivity contribution in [3.63, 3.8) is 0 Å². The maximum atomic E-state index is 6.38. The van der Waals surface area contributed by atoms with E-state index < -0.39 is 0 Å². The molecule has 3 aromatic carbocycles. The molecule has 0 saturated carbocycles. The van der Waals surface area contributed by atoms with Gasteiger partial charge in [-0.1, -0.05) is 53.5 Å². The van der Waals surface area contributed by atoms with Gasteiger partial charge in [0.2, 0.25) is 0 Å². The quantitative estimate of drug-likeness (QED) is 0.347. The number of aryl methyl sites for hydroxylation is 2. The van der Waals surface area contributed by atoms with Crippen LogP contribution in [-0.4, -0.2) is 16.2 Å². The molecular formula is C24H22Cl2N2O. The highest BCUT2D eigenvalue weighted by molar-refractivity contribution is 6.32. The molecule has 0 spiro atoms. The van der Waals surface area contributed by atoms with Crippen LogP contribution in [0.25, 0.3) is 11.0 Å². The summed E-state index contributed by atoms with van der Waals surface area (Å²) in [6.45, 7) is 5.22. The Morgan fingerprint density at radius 2 is 1.62 bits per heavy atom. The van der Waals surface area contributed by atoms with Gasteiger partial charge in [-0.15, -0.1) is 0 Å². The molecule has 4 aromatic rings. The van der Waals surface area contributed by atoms with Crippen molar-refractivity contribution in [1.29, 1.82) is 0 Å². The molecular weight excluding hydrogens is 403 g/mol. The fourth-order valence-corrected chi connectivity index (χ4v) is 3.88. The Balaban J connectivity index is 1.58. The first kappa shape index (κ1) is 19.8. The van der Waals surface area contributed by atoms with Crippen molar-refractivity contribution in [2.24, 2.45) is 0 Å². The van der Waals surface area contributed by atoms with E-state index >= 15 is 0 Å². The van der Waals surface area contributed by atoms with Crippen molar-refractivity contribution in [2.75, 3.05) is 6.61 Å². The van der Waals surface area contributed by atoms with E-state index in [0.717, 1.165) is 49.3 Å². The zero-order valence-electron chi connectivity index (χ0n) is 16.5. The smallest absolute Gasteiger partial charge is 0.120 e. The molecule has 1 aromatic heterocycles. The summed E-state index contributed by atoms with van der Waals surface area (Å²) < 4.78 is 8.26. The number of ether oxygens (including phenoxy) is 1. The van der Waals surface area contributed by atoms with Gasteiger partial charge in [0.25, 0.3) is 0 Å². The first-order chi connectivity index (χ1) is 14.0. The summed E-state index contributed by atoms with van der Waals surface area (Å²) in [6.07, 6.45) is 0.674. The van der Waals surface area contributed by atoms with Gasteiger partial charge < -0.3 is 9.30 Å². The summed E-state index contributed by atoms with van der Waals surface area (Å²) in [5.41, 5.74) is 5.19. The van der Waals surface area contributed by atoms with E-state index in [1.54, 1.807) is 0 Å². The predicted molar refractivity (Wildman–Crippen MR) is 120 cm³/mol. The summed E-state index contributed by atoms with van der Waals surface area (Å²) in [4.78, 5) is 4.85. The number of halogens is 2. The van der Waals surface area contributed by atoms with Crippen molar-refractivity contribution in [3.05, 3.63) is 93.2 Å². The fraction of sp³-hybridized carbons (Fsp3) is 0.208. The highest BCUT2D eigenvalue weighted by atomic mass is 35.5. The highest BCUT2D eigenvalue weighted by Crippen LogP contribution is 2.26. The highest BCUT2D eigenvalue weighted by Gasteiger charge is 2.13. The molecule has 0 unspecified atom stereocenters. The molecule has 4 rings (SSSR count). The summed E-state index contributed by atoms with van der Waals surface area (Å²) in [5, 5.41) is 1.55. The normalized spacial score (nSPS) is 11.2. The van der Waals surface area contributed by atoms with Crippen LogP contribution in [0.4, 0.5) is 0 Å². The molecule has 0 N–H and O–H groups in total. The van der Waals surface area contributed by atoms with Crippen LogP contribution in [0.3, 0.4) is 0 Å². The summed E-state index contributed by atoms with van der Waals surface area (Å²) in [7, 11) is 0. The zero-order chi connectivity index (χ0) is 20.4. The lowest BCUT2D eigenvalue weighted by atomic mass is 10.1. The molecule has 29 heavy (non-hydrogen) atoms. The second-order valence-corrected chi connectivity index (χ2v) is 7.94. The maximum absolute atomic E-state index is 6.38. The lowest BCUT2D eigenvalue weighted by molar-refractivity contribution is 0.298. The summed E-state index contributed by atoms with van der Waals surface area (Å²) in [5.74, 6) is 1.81. The van der Waals surface area contributed by atoms with Crippen LogP contribution < -0.4 is 4.74 Å². The van der Waals surface area contributed by atoms with Crippen LogP contribution >= 0.6 is 23.2 Å². The maximum Gasteiger partial charge on any atom is 0.120 e. The Hall–Kier alpha value is -2.49. The van der Waals surface area contributed by atoms with Gasteiger partial charge in [0.1, 0.15) is 18.2 Å². The number of benzene rings is 3. The zero-order valence-corrected chi connectivity index (χ0v) is 18.0. The first-order valence-corrected chi connectivity index (χ1v) is 10.4. The van der Waals surface area contributed by atoms with E-state index in [4.69, 9.17) is 32.9 Å². The third-order valence-corrected chi connectivity index (χ3v) is 6.00. The third kappa shape index (κ3) is 4.26. The average molecular weight is 425 g/mol. The van der Waals surface area contributed by atoms with E-state index in [2.05, 4.69) is 10.6 Å². The second kappa shape index (κ2) is 8.48. The number of fused-ring (bicyclic) bond motifs is 1. The van der Waals surface area contributed by atoms with E-state index in [1.807, 2.05) is 68.4 Å². The molecule has 148 valence electrons. The molecule has 5 heteroatoms. The SMILES string of the molecule is Cc1cc(OCCn2c(Cc3ccccc3Cl)nc3ccccc32)cc(C)c1Cl. The van der Waals surface area contributed by atoms with Crippen molar-refractivity contribution in [3.8, 4) is 5.75 Å². The van der Waals surface area contributed by atoms with Crippen LogP contribution in [-0.2, 0) is 13.0 Å². The number of nitrogens with zero attached hydrogens (tertiary/aromatic N) is 2. The van der Waals surface area contributed by atoms with Crippen molar-refractivity contribution in [2.45, 2.75) is 26.8 Å². The van der Waals surface area contributed by atoms with Gasteiger partial charge in [-0.25, -0.2) is 4.98 Å². The minimum Gasteiger partial charge on any atom is -0.492 e. The second-order valence-electron chi connectivity index (χ2n) is 7.16. The monoisotopic (exact) mass is 424 g/mol. The molecule has 0 aliphatic heterocycles. The van der Waals surface area contributed by atoms with Crippen molar-refractivity contribution < 1.29 is 4.74 Å². The van der Waals surface area contributed by atoms with Crippen LogP contribution in [0, 0.1) is 13.8 Å². The first-order valence-electron chi connectivity index (χ1n) is 9.60. The molecule has 0 atom stereocenters. The minimum atomic E-state index is 0.538.